The van der Waals surface area contributed by atoms with Gasteiger partial charge in [0.25, 0.3) is 0 Å². The number of rotatable bonds is 38. The summed E-state index contributed by atoms with van der Waals surface area (Å²) in [5.74, 6) is -19.5. The number of nitrogens with one attached hydrogen (secondary N) is 9. The number of nitrogens with zero attached hydrogens (tertiary/aromatic N) is 1. The third-order valence-electron chi connectivity index (χ3n) is 24.9. The van der Waals surface area contributed by atoms with Crippen LogP contribution in [0.2, 0.25) is 10.0 Å². The number of aliphatic carboxylic acids is 1. The van der Waals surface area contributed by atoms with Gasteiger partial charge in [0.1, 0.15) is 108 Å². The first-order valence-corrected chi connectivity index (χ1v) is 50.2. The van der Waals surface area contributed by atoms with Crippen molar-refractivity contribution in [3.8, 4) is 62.9 Å². The summed E-state index contributed by atoms with van der Waals surface area (Å²) >= 11 is 14.4. The Kier molecular flexibility index (Phi) is 38.8. The molecule has 25 N–H and O–H groups in total. The van der Waals surface area contributed by atoms with E-state index in [1.54, 1.807) is 27.7 Å². The molecule has 6 aromatic rings. The number of carboxylic acids is 1. The number of phenolic OH excluding ortho intramolecular Hbond substituents is 3. The number of esters is 1. The molecule has 50 heteroatoms. The normalized spacial score (nSPS) is 24.4. The Morgan fingerprint density at radius 2 is 1.30 bits per heavy atom. The SMILES string of the molecule is CCCCCCCCCCNCCN[C@]1(C)CC(OC2C(Oc3c4cc5cc3Oc3ccc(cc3Cl)[C@H](O)C(NC(=O)C(CC(C)C)NC)C(=O)NC(CC(N)=O)C(=O)NC5C(=O)NC3C(=O)NC(C(=O)N[C@@H](C(=O)O)c5cc(O)c(CN(CC=O)C(=O)OCc6ccc(OC(=O)CCC(P(=O)(O)O)P(=O)(O)O)cc6)c(O)c5-c5cc3ccc5O)[C@H](O)c3ccc(c(Cl)c3)O4)OC(CO)C(O)C2O)OC(C)C1O. The molecule has 7 heterocycles. The fourth-order valence-corrected chi connectivity index (χ4v) is 20.1. The summed E-state index contributed by atoms with van der Waals surface area (Å²) < 4.78 is 73.8. The summed E-state index contributed by atoms with van der Waals surface area (Å²) in [6.07, 6.45) is -13.2. The Labute approximate surface area is 829 Å². The van der Waals surface area contributed by atoms with Crippen molar-refractivity contribution in [3.63, 3.8) is 0 Å². The van der Waals surface area contributed by atoms with Gasteiger partial charge in [-0.25, -0.2) is 9.59 Å². The third-order valence-corrected chi connectivity index (χ3v) is 29.3. The number of carboxylic acid groups (broad SMARTS) is 1. The highest BCUT2D eigenvalue weighted by Crippen LogP contribution is 2.62. The number of unbranched alkanes of at least 4 members (excludes halogenated alkanes) is 7. The summed E-state index contributed by atoms with van der Waals surface area (Å²) in [6.45, 7) is 6.94. The molecule has 8 amide bonds. The molecule has 6 aromatic carbocycles. The van der Waals surface area contributed by atoms with Crippen LogP contribution < -0.4 is 72.5 Å². The number of ether oxygens (including phenoxy) is 8. The molecule has 0 saturated carbocycles. The van der Waals surface area contributed by atoms with Gasteiger partial charge in [-0.3, -0.25) is 52.4 Å². The lowest BCUT2D eigenvalue weighted by Gasteiger charge is -2.48. The van der Waals surface area contributed by atoms with Gasteiger partial charge in [0.2, 0.25) is 53.4 Å². The molecule has 0 aromatic heterocycles. The first-order valence-electron chi connectivity index (χ1n) is 46.1. The predicted octanol–water partition coefficient (Wildman–Crippen LogP) is 4.17. The second-order valence-electron chi connectivity index (χ2n) is 36.0. The molecule has 7 aliphatic rings. The predicted molar refractivity (Wildman–Crippen MR) is 504 cm³/mol. The van der Waals surface area contributed by atoms with Crippen LogP contribution in [0.3, 0.4) is 0 Å². The Balaban J connectivity index is 1.05. The number of phenols is 3. The van der Waals surface area contributed by atoms with Crippen molar-refractivity contribution in [2.24, 2.45) is 11.7 Å². The minimum atomic E-state index is -5.40. The van der Waals surface area contributed by atoms with Crippen LogP contribution in [0.5, 0.6) is 51.7 Å². The molecule has 0 spiro atoms. The van der Waals surface area contributed by atoms with E-state index in [1.165, 1.54) is 44.5 Å². The second-order valence-corrected chi connectivity index (χ2v) is 40.8. The van der Waals surface area contributed by atoms with E-state index in [0.29, 0.717) is 24.1 Å². The lowest BCUT2D eigenvalue weighted by molar-refractivity contribution is -0.334. The molecule has 13 rings (SSSR count). The number of fused-ring (bicyclic) bond motifs is 15. The molecule has 2 fully saturated rings. The maximum Gasteiger partial charge on any atom is 0.410 e. The fraction of sp³-hybridized carbons (Fsp3) is 0.495. The van der Waals surface area contributed by atoms with Crippen LogP contribution in [-0.4, -0.2) is 265 Å². The average Bonchev–Trinajstić information content (AvgIpc) is 0.752. The van der Waals surface area contributed by atoms with Crippen molar-refractivity contribution in [3.05, 3.63) is 146 Å². The zero-order chi connectivity index (χ0) is 105. The number of halogens is 2. The van der Waals surface area contributed by atoms with Crippen molar-refractivity contribution in [2.45, 2.75) is 246 Å². The molecular formula is C93H119Cl2N11O35P2. The van der Waals surface area contributed by atoms with Crippen LogP contribution in [0, 0.1) is 5.92 Å². The molecule has 2 saturated heterocycles. The van der Waals surface area contributed by atoms with Gasteiger partial charge in [0.15, 0.2) is 35.3 Å². The third kappa shape index (κ3) is 28.3. The number of benzene rings is 6. The number of likely N-dealkylation sites (N-methyl/N-ethyl adjacent to an activating group) is 1. The quantitative estimate of drug-likeness (QED) is 0.00850. The minimum absolute atomic E-state index is 0.146. The van der Waals surface area contributed by atoms with Gasteiger partial charge in [-0.1, -0.05) is 119 Å². The Hall–Kier alpha value is -11.3. The first kappa shape index (κ1) is 112. The van der Waals surface area contributed by atoms with Crippen LogP contribution in [-0.2, 0) is 89.2 Å². The maximum atomic E-state index is 16.6. The Morgan fingerprint density at radius 3 is 1.90 bits per heavy atom. The lowest BCUT2D eigenvalue weighted by atomic mass is 9.85. The van der Waals surface area contributed by atoms with Crippen LogP contribution in [0.25, 0.3) is 11.1 Å². The molecule has 11 bridgehead atoms. The molecule has 7 aliphatic heterocycles. The van der Waals surface area contributed by atoms with Gasteiger partial charge in [-0.2, -0.15) is 0 Å². The van der Waals surface area contributed by atoms with Gasteiger partial charge in [-0.15, -0.1) is 0 Å². The number of hydrogen-bond acceptors (Lipinski definition) is 33. The highest BCUT2D eigenvalue weighted by Gasteiger charge is 2.53. The van der Waals surface area contributed by atoms with E-state index in [0.717, 1.165) is 111 Å². The van der Waals surface area contributed by atoms with Crippen molar-refractivity contribution in [1.29, 1.82) is 0 Å². The molecule has 0 aliphatic carbocycles. The standard InChI is InChI=1S/C93H119Cl2N11O35P2/c1-7-8-9-10-11-12-13-14-27-98-28-29-99-93(5)40-68(135-45(4)83(93)118)140-82-80(117)79(116)65(42-108)139-91(82)141-81-63-36-50-37-64(81)138-62-24-19-49(35-56(62)95)77(114)75-89(124)103-73(90(125)126)53-38-60(110)54(41-106(30-31-107)92(127)134-43-46-15-20-51(21-16-46)136-67(112)25-26-69(142(128,129)130)143(131,132)133)78(115)70(53)52-33-47(17-22-59(52)109)71(86(121)105-75)102-87(122)72(50)101-85(120)58(39-66(96)111)100-88(123)74(104-84(119)57(97-6)32-44(2)3)76(113)48-18-23-61(137-63)55(94)34-48/h15-24,31,33-38,44-45,57-58,65,68-69,71-77,79-80,82-83,91,97-99,108-110,113-118H,7-14,25-30,32,39-43H2,1-6H3,(H2,96,111)(H,100,123)(H,101,120)(H,102,122)(H,103,124)(H,104,119)(H,105,121)(H,125,126)(H2,128,129,130)(H2,131,132,133)/t45?,57?,58?,65?,68?,71?,72?,73-,74?,75?,76+,77-,79?,80?,82?,83?,91?,93-/m1/s1. The van der Waals surface area contributed by atoms with E-state index < -0.39 is 330 Å². The highest BCUT2D eigenvalue weighted by molar-refractivity contribution is 7.70. The number of aliphatic hydroxyl groups is 6. The molecule has 780 valence electrons. The van der Waals surface area contributed by atoms with E-state index in [2.05, 4.69) is 54.8 Å². The molecule has 14 unspecified atom stereocenters. The van der Waals surface area contributed by atoms with Gasteiger partial charge in [0, 0.05) is 48.2 Å². The number of aliphatic hydroxyl groups excluding tert-OH is 6. The van der Waals surface area contributed by atoms with Crippen molar-refractivity contribution < 1.29 is 170 Å². The van der Waals surface area contributed by atoms with E-state index in [-0.39, 0.29) is 41.9 Å². The summed E-state index contributed by atoms with van der Waals surface area (Å²) in [7, 11) is -9.34. The molecule has 143 heavy (non-hydrogen) atoms. The smallest absolute Gasteiger partial charge is 0.410 e. The number of primary amides is 1. The van der Waals surface area contributed by atoms with E-state index in [9.17, 15) is 109 Å². The molecule has 46 nitrogen and oxygen atoms in total. The van der Waals surface area contributed by atoms with Gasteiger partial charge in [-0.05, 0) is 147 Å². The van der Waals surface area contributed by atoms with Crippen LogP contribution >= 0.6 is 38.4 Å². The van der Waals surface area contributed by atoms with Crippen LogP contribution in [0.15, 0.2) is 97.1 Å². The van der Waals surface area contributed by atoms with Crippen LogP contribution in [0.1, 0.15) is 187 Å². The number of carbonyl (C=O) groups excluding carboxylic acids is 10. The summed E-state index contributed by atoms with van der Waals surface area (Å²) in [4.78, 5) is 198. The maximum absolute atomic E-state index is 16.6. The number of carbonyl (C=O) groups is 11. The zero-order valence-electron chi connectivity index (χ0n) is 78.4. The van der Waals surface area contributed by atoms with Gasteiger partial charge >= 0.3 is 33.2 Å². The van der Waals surface area contributed by atoms with E-state index >= 15 is 24.0 Å². The average molecular weight is 2080 g/mol. The number of amides is 8. The number of nitrogens with two attached hydrogens (primary N) is 1. The number of aldehydes is 1. The van der Waals surface area contributed by atoms with E-state index in [1.807, 2.05) is 0 Å². The number of aromatic hydroxyl groups is 3. The second kappa shape index (κ2) is 49.5. The number of hydrogen-bond donors (Lipinski definition) is 24. The Morgan fingerprint density at radius 1 is 0.692 bits per heavy atom. The largest absolute Gasteiger partial charge is 0.507 e. The summed E-state index contributed by atoms with van der Waals surface area (Å²) in [5, 5.41) is 141. The fourth-order valence-electron chi connectivity index (χ4n) is 17.1. The molecular weight excluding hydrogens is 1960 g/mol. The van der Waals surface area contributed by atoms with Crippen molar-refractivity contribution in [1.82, 2.24) is 52.8 Å². The van der Waals surface area contributed by atoms with Crippen molar-refractivity contribution >= 4 is 104 Å². The first-order chi connectivity index (χ1) is 67.6. The van der Waals surface area contributed by atoms with Gasteiger partial charge in [0.05, 0.1) is 60.0 Å². The van der Waals surface area contributed by atoms with Gasteiger partial charge < -0.3 is 167 Å². The monoisotopic (exact) mass is 2080 g/mol. The Bertz CT molecular complexity index is 5700. The summed E-state index contributed by atoms with van der Waals surface area (Å²) in [6, 6.07) is 1.41. The summed E-state index contributed by atoms with van der Waals surface area (Å²) in [5.41, 5.74) is -0.0693. The minimum Gasteiger partial charge on any atom is -0.507 e. The molecule has 0 radical (unpaired) electrons. The van der Waals surface area contributed by atoms with E-state index in [4.69, 9.17) is 66.8 Å². The lowest BCUT2D eigenvalue weighted by Crippen LogP contribution is -2.65. The topological polar surface area (TPSA) is 717 Å². The highest BCUT2D eigenvalue weighted by atomic mass is 35.5. The molecule has 18 atom stereocenters. The van der Waals surface area contributed by atoms with Crippen LogP contribution in [0.4, 0.5) is 4.79 Å². The zero-order valence-corrected chi connectivity index (χ0v) is 81.7. The van der Waals surface area contributed by atoms with Crippen molar-refractivity contribution in [2.75, 3.05) is 39.8 Å².